The predicted octanol–water partition coefficient (Wildman–Crippen LogP) is 2.92. The van der Waals surface area contributed by atoms with Crippen molar-refractivity contribution in [2.45, 2.75) is 70.8 Å². The minimum Gasteiger partial charge on any atom is -0.391 e. The second-order valence-corrected chi connectivity index (χ2v) is 6.07. The van der Waals surface area contributed by atoms with Gasteiger partial charge in [0.15, 0.2) is 0 Å². The number of nitrogens with two attached hydrogens (primary N) is 1. The minimum absolute atomic E-state index is 0.0963. The van der Waals surface area contributed by atoms with Gasteiger partial charge < -0.3 is 11.1 Å². The SMILES string of the molecule is CCC(C)CC(=O)NC1(C(N)=S)CCCCCC1. The molecule has 4 heteroatoms. The maximum atomic E-state index is 12.1. The summed E-state index contributed by atoms with van der Waals surface area (Å²) >= 11 is 5.21. The van der Waals surface area contributed by atoms with Crippen LogP contribution in [-0.4, -0.2) is 16.4 Å². The van der Waals surface area contributed by atoms with Gasteiger partial charge in [0.1, 0.15) is 0 Å². The first-order valence-corrected chi connectivity index (χ1v) is 7.52. The molecule has 0 aromatic rings. The molecule has 1 unspecified atom stereocenters. The zero-order valence-electron chi connectivity index (χ0n) is 11.6. The van der Waals surface area contributed by atoms with Crippen LogP contribution in [0.4, 0.5) is 0 Å². The molecule has 1 atom stereocenters. The van der Waals surface area contributed by atoms with Gasteiger partial charge in [-0.25, -0.2) is 0 Å². The summed E-state index contributed by atoms with van der Waals surface area (Å²) in [6.45, 7) is 4.20. The molecule has 0 radical (unpaired) electrons. The first-order valence-electron chi connectivity index (χ1n) is 7.11. The van der Waals surface area contributed by atoms with E-state index >= 15 is 0 Å². The fraction of sp³-hybridized carbons (Fsp3) is 0.857. The number of hydrogen-bond donors (Lipinski definition) is 2. The van der Waals surface area contributed by atoms with Gasteiger partial charge in [-0.05, 0) is 18.8 Å². The molecule has 0 aromatic heterocycles. The largest absolute Gasteiger partial charge is 0.391 e. The van der Waals surface area contributed by atoms with E-state index in [1.807, 2.05) is 0 Å². The second-order valence-electron chi connectivity index (χ2n) is 5.63. The van der Waals surface area contributed by atoms with Crippen LogP contribution in [0.5, 0.6) is 0 Å². The summed E-state index contributed by atoms with van der Waals surface area (Å²) in [6, 6.07) is 0. The van der Waals surface area contributed by atoms with Crippen LogP contribution >= 0.6 is 12.2 Å². The second kappa shape index (κ2) is 7.07. The summed E-state index contributed by atoms with van der Waals surface area (Å²) in [5, 5.41) is 3.13. The standard InChI is InChI=1S/C14H26N2OS/c1-3-11(2)10-12(17)16-14(13(15)18)8-6-4-5-7-9-14/h11H,3-10H2,1-2H3,(H2,15,18)(H,16,17). The molecule has 0 saturated heterocycles. The molecule has 1 fully saturated rings. The van der Waals surface area contributed by atoms with E-state index in [0.717, 1.165) is 32.1 Å². The van der Waals surface area contributed by atoms with E-state index in [9.17, 15) is 4.79 Å². The number of carbonyl (C=O) groups excluding carboxylic acids is 1. The highest BCUT2D eigenvalue weighted by Crippen LogP contribution is 2.28. The summed E-state index contributed by atoms with van der Waals surface area (Å²) in [5.41, 5.74) is 5.48. The molecular formula is C14H26N2OS. The number of hydrogen-bond acceptors (Lipinski definition) is 2. The summed E-state index contributed by atoms with van der Waals surface area (Å²) in [7, 11) is 0. The van der Waals surface area contributed by atoms with Crippen LogP contribution in [0.3, 0.4) is 0 Å². The topological polar surface area (TPSA) is 55.1 Å². The lowest BCUT2D eigenvalue weighted by molar-refractivity contribution is -0.123. The number of thiocarbonyl (C=S) groups is 1. The van der Waals surface area contributed by atoms with E-state index in [-0.39, 0.29) is 5.91 Å². The van der Waals surface area contributed by atoms with Crippen LogP contribution in [0.25, 0.3) is 0 Å². The Labute approximate surface area is 116 Å². The summed E-state index contributed by atoms with van der Waals surface area (Å²) < 4.78 is 0. The molecule has 1 rings (SSSR count). The predicted molar refractivity (Wildman–Crippen MR) is 79.4 cm³/mol. The van der Waals surface area contributed by atoms with Crippen LogP contribution in [0.15, 0.2) is 0 Å². The van der Waals surface area contributed by atoms with E-state index in [4.69, 9.17) is 18.0 Å². The lowest BCUT2D eigenvalue weighted by atomic mass is 9.89. The maximum Gasteiger partial charge on any atom is 0.221 e. The Morgan fingerprint density at radius 2 is 1.89 bits per heavy atom. The molecule has 0 bridgehead atoms. The van der Waals surface area contributed by atoms with E-state index in [1.54, 1.807) is 0 Å². The van der Waals surface area contributed by atoms with Crippen molar-refractivity contribution in [2.24, 2.45) is 11.7 Å². The Hall–Kier alpha value is -0.640. The maximum absolute atomic E-state index is 12.1. The Balaban J connectivity index is 2.67. The molecule has 0 aromatic carbocycles. The third kappa shape index (κ3) is 4.23. The molecule has 1 aliphatic carbocycles. The van der Waals surface area contributed by atoms with Crippen molar-refractivity contribution >= 4 is 23.1 Å². The van der Waals surface area contributed by atoms with Crippen molar-refractivity contribution < 1.29 is 4.79 Å². The first-order chi connectivity index (χ1) is 8.50. The lowest BCUT2D eigenvalue weighted by Gasteiger charge is -2.33. The number of carbonyl (C=O) groups is 1. The highest BCUT2D eigenvalue weighted by molar-refractivity contribution is 7.80. The van der Waals surface area contributed by atoms with Crippen LogP contribution in [0, 0.1) is 5.92 Å². The lowest BCUT2D eigenvalue weighted by Crippen LogP contribution is -2.56. The van der Waals surface area contributed by atoms with Gasteiger partial charge in [-0.3, -0.25) is 4.79 Å². The van der Waals surface area contributed by atoms with E-state index in [0.29, 0.717) is 17.3 Å². The highest BCUT2D eigenvalue weighted by Gasteiger charge is 2.35. The van der Waals surface area contributed by atoms with Gasteiger partial charge in [0.2, 0.25) is 5.91 Å². The average molecular weight is 270 g/mol. The van der Waals surface area contributed by atoms with E-state index in [2.05, 4.69) is 19.2 Å². The van der Waals surface area contributed by atoms with Gasteiger partial charge in [-0.15, -0.1) is 0 Å². The third-order valence-corrected chi connectivity index (χ3v) is 4.43. The fourth-order valence-corrected chi connectivity index (χ4v) is 2.80. The zero-order valence-corrected chi connectivity index (χ0v) is 12.4. The van der Waals surface area contributed by atoms with E-state index < -0.39 is 5.54 Å². The molecule has 0 aliphatic heterocycles. The van der Waals surface area contributed by atoms with Crippen molar-refractivity contribution in [1.82, 2.24) is 5.32 Å². The van der Waals surface area contributed by atoms with Crippen molar-refractivity contribution in [2.75, 3.05) is 0 Å². The molecule has 104 valence electrons. The Morgan fingerprint density at radius 1 is 1.33 bits per heavy atom. The normalized spacial score (nSPS) is 20.8. The van der Waals surface area contributed by atoms with Gasteiger partial charge in [-0.1, -0.05) is 58.2 Å². The number of amides is 1. The Bertz CT molecular complexity index is 296. The summed E-state index contributed by atoms with van der Waals surface area (Å²) in [4.78, 5) is 12.5. The molecule has 0 spiro atoms. The van der Waals surface area contributed by atoms with E-state index in [1.165, 1.54) is 12.8 Å². The van der Waals surface area contributed by atoms with Crippen molar-refractivity contribution in [1.29, 1.82) is 0 Å². The molecule has 18 heavy (non-hydrogen) atoms. The monoisotopic (exact) mass is 270 g/mol. The molecule has 1 amide bonds. The zero-order chi connectivity index (χ0) is 13.6. The molecular weight excluding hydrogens is 244 g/mol. The summed E-state index contributed by atoms with van der Waals surface area (Å²) in [6.07, 6.45) is 8.01. The first kappa shape index (κ1) is 15.4. The van der Waals surface area contributed by atoms with Gasteiger partial charge in [0.05, 0.1) is 10.5 Å². The highest BCUT2D eigenvalue weighted by atomic mass is 32.1. The van der Waals surface area contributed by atoms with Gasteiger partial charge in [0.25, 0.3) is 0 Å². The van der Waals surface area contributed by atoms with Gasteiger partial charge >= 0.3 is 0 Å². The van der Waals surface area contributed by atoms with Crippen molar-refractivity contribution in [3.63, 3.8) is 0 Å². The third-order valence-electron chi connectivity index (χ3n) is 4.04. The van der Waals surface area contributed by atoms with Crippen molar-refractivity contribution in [3.05, 3.63) is 0 Å². The van der Waals surface area contributed by atoms with Crippen LogP contribution in [-0.2, 0) is 4.79 Å². The summed E-state index contributed by atoms with van der Waals surface area (Å²) in [5.74, 6) is 0.512. The molecule has 3 N–H and O–H groups in total. The molecule has 3 nitrogen and oxygen atoms in total. The van der Waals surface area contributed by atoms with Crippen LogP contribution in [0.2, 0.25) is 0 Å². The quantitative estimate of drug-likeness (QED) is 0.596. The minimum atomic E-state index is -0.420. The Morgan fingerprint density at radius 3 is 2.33 bits per heavy atom. The Kier molecular flexibility index (Phi) is 6.06. The van der Waals surface area contributed by atoms with Gasteiger partial charge in [-0.2, -0.15) is 0 Å². The fourth-order valence-electron chi connectivity index (χ4n) is 2.54. The average Bonchev–Trinajstić information content (AvgIpc) is 2.55. The van der Waals surface area contributed by atoms with Gasteiger partial charge in [0, 0.05) is 6.42 Å². The molecule has 1 aliphatic rings. The van der Waals surface area contributed by atoms with Crippen molar-refractivity contribution in [3.8, 4) is 0 Å². The number of nitrogens with one attached hydrogen (secondary N) is 1. The smallest absolute Gasteiger partial charge is 0.221 e. The van der Waals surface area contributed by atoms with Crippen LogP contribution < -0.4 is 11.1 Å². The molecule has 1 saturated carbocycles. The molecule has 0 heterocycles. The van der Waals surface area contributed by atoms with Crippen LogP contribution in [0.1, 0.15) is 65.2 Å². The number of rotatable bonds is 5.